The van der Waals surface area contributed by atoms with Gasteiger partial charge in [-0.1, -0.05) is 74.1 Å². The molecule has 0 saturated carbocycles. The van der Waals surface area contributed by atoms with Crippen LogP contribution in [-0.2, 0) is 17.6 Å². The van der Waals surface area contributed by atoms with E-state index in [-0.39, 0.29) is 11.7 Å². The second kappa shape index (κ2) is 12.2. The number of nitrogens with one attached hydrogen (secondary N) is 1. The van der Waals surface area contributed by atoms with Gasteiger partial charge in [-0.25, -0.2) is 4.98 Å². The highest BCUT2D eigenvalue weighted by Crippen LogP contribution is 2.35. The molecular weight excluding hydrogens is 478 g/mol. The Morgan fingerprint density at radius 1 is 0.946 bits per heavy atom. The first-order valence-electron chi connectivity index (χ1n) is 12.3. The van der Waals surface area contributed by atoms with Gasteiger partial charge in [-0.05, 0) is 59.9 Å². The number of thioether (sulfide) groups is 1. The van der Waals surface area contributed by atoms with E-state index in [1.165, 1.54) is 11.8 Å². The van der Waals surface area contributed by atoms with Gasteiger partial charge >= 0.3 is 0 Å². The van der Waals surface area contributed by atoms with E-state index in [0.717, 1.165) is 57.8 Å². The Balaban J connectivity index is 1.68. The van der Waals surface area contributed by atoms with E-state index in [9.17, 15) is 10.1 Å². The number of aromatic nitrogens is 1. The number of methoxy groups -OCH3 is 1. The van der Waals surface area contributed by atoms with Gasteiger partial charge in [-0.3, -0.25) is 4.79 Å². The summed E-state index contributed by atoms with van der Waals surface area (Å²) in [4.78, 5) is 17.9. The van der Waals surface area contributed by atoms with Crippen molar-refractivity contribution in [1.82, 2.24) is 4.98 Å². The van der Waals surface area contributed by atoms with Gasteiger partial charge in [0, 0.05) is 16.8 Å². The molecule has 0 saturated heterocycles. The van der Waals surface area contributed by atoms with Crippen molar-refractivity contribution in [3.05, 3.63) is 95.6 Å². The Kier molecular flexibility index (Phi) is 8.60. The zero-order valence-electron chi connectivity index (χ0n) is 21.2. The summed E-state index contributed by atoms with van der Waals surface area (Å²) in [5, 5.41) is 13.7. The molecule has 6 heteroatoms. The molecule has 5 nitrogen and oxygen atoms in total. The predicted molar refractivity (Wildman–Crippen MR) is 151 cm³/mol. The number of aryl methyl sites for hydroxylation is 2. The maximum absolute atomic E-state index is 13.0. The van der Waals surface area contributed by atoms with Gasteiger partial charge in [0.2, 0.25) is 5.91 Å². The van der Waals surface area contributed by atoms with E-state index in [4.69, 9.17) is 9.72 Å². The average Bonchev–Trinajstić information content (AvgIpc) is 2.96. The number of anilines is 1. The number of ether oxygens (including phenoxy) is 1. The van der Waals surface area contributed by atoms with Crippen LogP contribution in [0.1, 0.15) is 30.5 Å². The molecule has 0 aliphatic rings. The van der Waals surface area contributed by atoms with E-state index < -0.39 is 0 Å². The highest BCUT2D eigenvalue weighted by molar-refractivity contribution is 8.00. The maximum Gasteiger partial charge on any atom is 0.234 e. The van der Waals surface area contributed by atoms with E-state index in [2.05, 4.69) is 25.2 Å². The molecule has 1 N–H and O–H groups in total. The Morgan fingerprint density at radius 3 is 2.22 bits per heavy atom. The molecule has 4 aromatic rings. The number of benzene rings is 3. The molecule has 0 fully saturated rings. The summed E-state index contributed by atoms with van der Waals surface area (Å²) in [6.45, 7) is 4.16. The lowest BCUT2D eigenvalue weighted by molar-refractivity contribution is -0.113. The monoisotopic (exact) mass is 507 g/mol. The normalized spacial score (nSPS) is 10.5. The first kappa shape index (κ1) is 26.0. The van der Waals surface area contributed by atoms with Gasteiger partial charge in [-0.2, -0.15) is 5.26 Å². The van der Waals surface area contributed by atoms with Gasteiger partial charge in [0.05, 0.1) is 24.1 Å². The van der Waals surface area contributed by atoms with Crippen LogP contribution in [0.25, 0.3) is 22.4 Å². The lowest BCUT2D eigenvalue weighted by Crippen LogP contribution is -2.17. The highest BCUT2D eigenvalue weighted by atomic mass is 32.2. The molecule has 37 heavy (non-hydrogen) atoms. The fraction of sp³-hybridized carbons (Fsp3) is 0.194. The van der Waals surface area contributed by atoms with Gasteiger partial charge in [-0.15, -0.1) is 0 Å². The van der Waals surface area contributed by atoms with E-state index in [1.807, 2.05) is 78.9 Å². The van der Waals surface area contributed by atoms with Crippen molar-refractivity contribution >= 4 is 23.4 Å². The van der Waals surface area contributed by atoms with Crippen LogP contribution in [0.3, 0.4) is 0 Å². The third-order valence-corrected chi connectivity index (χ3v) is 7.15. The van der Waals surface area contributed by atoms with Crippen LogP contribution in [0.2, 0.25) is 0 Å². The number of para-hydroxylation sites is 1. The minimum atomic E-state index is -0.123. The number of amides is 1. The minimum Gasteiger partial charge on any atom is -0.497 e. The number of hydrogen-bond acceptors (Lipinski definition) is 5. The van der Waals surface area contributed by atoms with Crippen molar-refractivity contribution in [1.29, 1.82) is 5.26 Å². The largest absolute Gasteiger partial charge is 0.497 e. The van der Waals surface area contributed by atoms with E-state index in [1.54, 1.807) is 7.11 Å². The molecule has 4 rings (SSSR count). The van der Waals surface area contributed by atoms with Crippen LogP contribution >= 0.6 is 11.8 Å². The highest BCUT2D eigenvalue weighted by Gasteiger charge is 2.18. The Hall–Kier alpha value is -4.08. The van der Waals surface area contributed by atoms with Crippen molar-refractivity contribution in [2.75, 3.05) is 18.2 Å². The average molecular weight is 508 g/mol. The summed E-state index contributed by atoms with van der Waals surface area (Å²) in [6, 6.07) is 27.8. The van der Waals surface area contributed by atoms with Gasteiger partial charge in [0.25, 0.3) is 0 Å². The van der Waals surface area contributed by atoms with Gasteiger partial charge in [0.15, 0.2) is 0 Å². The Labute approximate surface area is 222 Å². The predicted octanol–water partition coefficient (Wildman–Crippen LogP) is 7.15. The number of carbonyl (C=O) groups is 1. The molecule has 0 bridgehead atoms. The number of hydrogen-bond donors (Lipinski definition) is 1. The minimum absolute atomic E-state index is 0.123. The molecule has 0 aliphatic heterocycles. The molecule has 186 valence electrons. The zero-order valence-corrected chi connectivity index (χ0v) is 22.1. The number of carbonyl (C=O) groups excluding carboxylic acids is 1. The maximum atomic E-state index is 13.0. The third-order valence-electron chi connectivity index (χ3n) is 6.17. The zero-order chi connectivity index (χ0) is 26.2. The van der Waals surface area contributed by atoms with Crippen LogP contribution in [0, 0.1) is 11.3 Å². The number of nitriles is 1. The van der Waals surface area contributed by atoms with Crippen LogP contribution in [0.5, 0.6) is 5.75 Å². The fourth-order valence-corrected chi connectivity index (χ4v) is 5.00. The molecule has 1 amide bonds. The second-order valence-corrected chi connectivity index (χ2v) is 9.40. The molecule has 0 radical (unpaired) electrons. The Morgan fingerprint density at radius 2 is 1.62 bits per heavy atom. The molecule has 0 aliphatic carbocycles. The summed E-state index contributed by atoms with van der Waals surface area (Å²) in [5.74, 6) is 0.775. The van der Waals surface area contributed by atoms with Gasteiger partial charge < -0.3 is 10.1 Å². The third kappa shape index (κ3) is 6.02. The van der Waals surface area contributed by atoms with Crippen molar-refractivity contribution in [2.24, 2.45) is 0 Å². The summed E-state index contributed by atoms with van der Waals surface area (Å²) in [6.07, 6.45) is 1.67. The first-order valence-corrected chi connectivity index (χ1v) is 13.2. The summed E-state index contributed by atoms with van der Waals surface area (Å²) in [7, 11) is 1.63. The topological polar surface area (TPSA) is 75.0 Å². The SMILES string of the molecule is CCc1cccc(CC)c1NC(=O)CSc1nc(-c2ccc(OC)cc2)cc(-c2ccccc2)c1C#N. The standard InChI is InChI=1S/C31H29N3O2S/c1-4-21-12-9-13-22(5-2)30(21)34-29(35)20-37-31-27(19-32)26(23-10-7-6-8-11-23)18-28(33-31)24-14-16-25(36-3)17-15-24/h6-18H,4-5,20H2,1-3H3,(H,34,35). The molecule has 0 spiro atoms. The van der Waals surface area contributed by atoms with Gasteiger partial charge in [0.1, 0.15) is 16.8 Å². The number of rotatable bonds is 9. The van der Waals surface area contributed by atoms with Crippen molar-refractivity contribution in [3.63, 3.8) is 0 Å². The van der Waals surface area contributed by atoms with Crippen LogP contribution in [0.15, 0.2) is 83.9 Å². The molecule has 0 atom stereocenters. The lowest BCUT2D eigenvalue weighted by Gasteiger charge is -2.15. The van der Waals surface area contributed by atoms with E-state index in [0.29, 0.717) is 10.6 Å². The molecule has 3 aromatic carbocycles. The first-order chi connectivity index (χ1) is 18.1. The van der Waals surface area contributed by atoms with Crippen molar-refractivity contribution in [2.45, 2.75) is 31.7 Å². The number of pyridine rings is 1. The fourth-order valence-electron chi connectivity index (χ4n) is 4.20. The summed E-state index contributed by atoms with van der Waals surface area (Å²) < 4.78 is 5.29. The van der Waals surface area contributed by atoms with Crippen molar-refractivity contribution < 1.29 is 9.53 Å². The summed E-state index contributed by atoms with van der Waals surface area (Å²) in [5.41, 5.74) is 6.92. The molecule has 0 unspecified atom stereocenters. The molecule has 1 aromatic heterocycles. The number of nitrogens with zero attached hydrogens (tertiary/aromatic N) is 2. The van der Waals surface area contributed by atoms with Crippen LogP contribution < -0.4 is 10.1 Å². The summed E-state index contributed by atoms with van der Waals surface area (Å²) >= 11 is 1.28. The van der Waals surface area contributed by atoms with Crippen molar-refractivity contribution in [3.8, 4) is 34.2 Å². The smallest absolute Gasteiger partial charge is 0.234 e. The van der Waals surface area contributed by atoms with Crippen LogP contribution in [-0.4, -0.2) is 23.8 Å². The van der Waals surface area contributed by atoms with E-state index >= 15 is 0 Å². The Bertz CT molecular complexity index is 1410. The molecule has 1 heterocycles. The second-order valence-electron chi connectivity index (χ2n) is 8.44. The van der Waals surface area contributed by atoms with Crippen LogP contribution in [0.4, 0.5) is 5.69 Å². The molecular formula is C31H29N3O2S. The quantitative estimate of drug-likeness (QED) is 0.244. The lowest BCUT2D eigenvalue weighted by atomic mass is 9.99.